The van der Waals surface area contributed by atoms with E-state index in [2.05, 4.69) is 15.9 Å². The zero-order chi connectivity index (χ0) is 8.41. The summed E-state index contributed by atoms with van der Waals surface area (Å²) < 4.78 is 9.91. The van der Waals surface area contributed by atoms with E-state index in [1.54, 1.807) is 13.8 Å². The molecule has 0 unspecified atom stereocenters. The zero-order valence-electron chi connectivity index (χ0n) is 5.78. The lowest BCUT2D eigenvalue weighted by atomic mass is 10.2. The largest absolute Gasteiger partial charge is 0.348 e. The van der Waals surface area contributed by atoms with Gasteiger partial charge in [0, 0.05) is 10.1 Å². The van der Waals surface area contributed by atoms with Gasteiger partial charge in [-0.05, 0) is 13.8 Å². The van der Waals surface area contributed by atoms with Crippen LogP contribution in [0.25, 0.3) is 0 Å². The van der Waals surface area contributed by atoms with Gasteiger partial charge >= 0.3 is 7.60 Å². The first-order chi connectivity index (χ1) is 4.21. The Hall–Kier alpha value is 0.370. The predicted molar refractivity (Wildman–Crippen MR) is 44.2 cm³/mol. The summed E-state index contributed by atoms with van der Waals surface area (Å²) in [6, 6.07) is 0. The van der Waals surface area contributed by atoms with Crippen molar-refractivity contribution in [1.82, 2.24) is 0 Å². The Morgan fingerprint density at radius 2 is 1.90 bits per heavy atom. The number of rotatable bonds is 2. The molecule has 5 heteroatoms. The van der Waals surface area contributed by atoms with Gasteiger partial charge in [0.05, 0.1) is 0 Å². The van der Waals surface area contributed by atoms with Crippen LogP contribution < -0.4 is 0 Å². The molecule has 0 heterocycles. The number of allylic oxidation sites excluding steroid dienone is 1. The van der Waals surface area contributed by atoms with E-state index in [0.29, 0.717) is 0 Å². The minimum atomic E-state index is -3.97. The average molecular weight is 229 g/mol. The molecule has 0 amide bonds. The van der Waals surface area contributed by atoms with Crippen molar-refractivity contribution in [3.05, 3.63) is 11.9 Å². The van der Waals surface area contributed by atoms with E-state index < -0.39 is 7.60 Å². The van der Waals surface area contributed by atoms with Crippen LogP contribution in [0, 0.1) is 0 Å². The van der Waals surface area contributed by atoms with Gasteiger partial charge in [-0.1, -0.05) is 22.0 Å². The molecule has 0 aromatic heterocycles. The summed E-state index contributed by atoms with van der Waals surface area (Å²) in [6.07, 6.45) is 1.42. The summed E-state index contributed by atoms with van der Waals surface area (Å²) in [4.78, 5) is 16.8. The number of halogens is 1. The topological polar surface area (TPSA) is 57.5 Å². The van der Waals surface area contributed by atoms with Crippen molar-refractivity contribution in [2.24, 2.45) is 0 Å². The molecule has 3 nitrogen and oxygen atoms in total. The number of hydrogen-bond acceptors (Lipinski definition) is 1. The Morgan fingerprint density at radius 3 is 2.00 bits per heavy atom. The summed E-state index contributed by atoms with van der Waals surface area (Å²) >= 11 is 3.20. The van der Waals surface area contributed by atoms with E-state index in [0.717, 1.165) is 5.82 Å². The SMILES string of the molecule is CC(C)(Br)/C=C/P(=O)(O)O. The van der Waals surface area contributed by atoms with E-state index >= 15 is 0 Å². The first kappa shape index (κ1) is 10.4. The lowest BCUT2D eigenvalue weighted by molar-refractivity contribution is 0.386. The summed E-state index contributed by atoms with van der Waals surface area (Å²) in [6.45, 7) is 3.58. The molecule has 0 aromatic carbocycles. The van der Waals surface area contributed by atoms with E-state index in [1.165, 1.54) is 6.08 Å². The van der Waals surface area contributed by atoms with Crippen molar-refractivity contribution >= 4 is 23.5 Å². The van der Waals surface area contributed by atoms with Gasteiger partial charge in [0.2, 0.25) is 0 Å². The van der Waals surface area contributed by atoms with E-state index in [9.17, 15) is 4.57 Å². The molecule has 0 spiro atoms. The van der Waals surface area contributed by atoms with Crippen LogP contribution in [0.2, 0.25) is 0 Å². The minimum absolute atomic E-state index is 0.353. The van der Waals surface area contributed by atoms with Gasteiger partial charge in [0.15, 0.2) is 0 Å². The lowest BCUT2D eigenvalue weighted by Gasteiger charge is -2.08. The third-order valence-corrected chi connectivity index (χ3v) is 1.47. The molecule has 10 heavy (non-hydrogen) atoms. The van der Waals surface area contributed by atoms with Gasteiger partial charge in [-0.3, -0.25) is 4.57 Å². The quantitative estimate of drug-likeness (QED) is 0.561. The summed E-state index contributed by atoms with van der Waals surface area (Å²) in [5.41, 5.74) is 0. The zero-order valence-corrected chi connectivity index (χ0v) is 8.26. The third-order valence-electron chi connectivity index (χ3n) is 0.665. The normalized spacial score (nSPS) is 14.5. The molecule has 60 valence electrons. The van der Waals surface area contributed by atoms with Gasteiger partial charge in [-0.2, -0.15) is 0 Å². The second-order valence-corrected chi connectivity index (χ2v) is 5.99. The maximum atomic E-state index is 10.3. The molecule has 0 radical (unpaired) electrons. The Labute approximate surface area is 68.4 Å². The summed E-state index contributed by atoms with van der Waals surface area (Å²) in [7, 11) is -3.97. The highest BCUT2D eigenvalue weighted by atomic mass is 79.9. The number of hydrogen-bond donors (Lipinski definition) is 2. The maximum absolute atomic E-state index is 10.3. The molecule has 0 saturated carbocycles. The number of alkyl halides is 1. The summed E-state index contributed by atoms with van der Waals surface area (Å²) in [5, 5.41) is 0. The highest BCUT2D eigenvalue weighted by Crippen LogP contribution is 2.37. The van der Waals surface area contributed by atoms with Crippen LogP contribution in [0.1, 0.15) is 13.8 Å². The Bertz CT molecular complexity index is 176. The molecule has 0 aliphatic rings. The van der Waals surface area contributed by atoms with E-state index in [-0.39, 0.29) is 4.32 Å². The molecule has 0 atom stereocenters. The second-order valence-electron chi connectivity index (χ2n) is 2.47. The Morgan fingerprint density at radius 1 is 1.50 bits per heavy atom. The van der Waals surface area contributed by atoms with Crippen LogP contribution in [-0.4, -0.2) is 14.1 Å². The van der Waals surface area contributed by atoms with Crippen LogP contribution in [0.5, 0.6) is 0 Å². The lowest BCUT2D eigenvalue weighted by Crippen LogP contribution is -2.02. The van der Waals surface area contributed by atoms with Crippen LogP contribution in [0.4, 0.5) is 0 Å². The van der Waals surface area contributed by atoms with Crippen LogP contribution >= 0.6 is 23.5 Å². The molecule has 0 bridgehead atoms. The van der Waals surface area contributed by atoms with Gasteiger partial charge in [-0.15, -0.1) is 0 Å². The molecular weight excluding hydrogens is 219 g/mol. The fraction of sp³-hybridized carbons (Fsp3) is 0.600. The third kappa shape index (κ3) is 8.37. The fourth-order valence-corrected chi connectivity index (χ4v) is 1.18. The van der Waals surface area contributed by atoms with Gasteiger partial charge in [-0.25, -0.2) is 0 Å². The molecule has 0 fully saturated rings. The molecule has 2 N–H and O–H groups in total. The standard InChI is InChI=1S/C5H10BrO3P/c1-5(2,6)3-4-10(7,8)9/h3-4H,1-2H3,(H2,7,8,9)/b4-3+. The van der Waals surface area contributed by atoms with Crippen LogP contribution in [0.15, 0.2) is 11.9 Å². The highest BCUT2D eigenvalue weighted by molar-refractivity contribution is 9.10. The average Bonchev–Trinajstić information content (AvgIpc) is 1.57. The Kier molecular flexibility index (Phi) is 3.30. The van der Waals surface area contributed by atoms with Gasteiger partial charge in [0.1, 0.15) is 0 Å². The Balaban J connectivity index is 4.16. The minimum Gasteiger partial charge on any atom is -0.321 e. The highest BCUT2D eigenvalue weighted by Gasteiger charge is 2.11. The smallest absolute Gasteiger partial charge is 0.321 e. The summed E-state index contributed by atoms with van der Waals surface area (Å²) in [5.74, 6) is 0.891. The van der Waals surface area contributed by atoms with Crippen LogP contribution in [-0.2, 0) is 4.57 Å². The van der Waals surface area contributed by atoms with Crippen LogP contribution in [0.3, 0.4) is 0 Å². The van der Waals surface area contributed by atoms with Crippen molar-refractivity contribution in [1.29, 1.82) is 0 Å². The molecule has 0 aliphatic heterocycles. The molecule has 0 aliphatic carbocycles. The molecule has 0 rings (SSSR count). The molecule has 0 saturated heterocycles. The second kappa shape index (κ2) is 3.18. The fourth-order valence-electron chi connectivity index (χ4n) is 0.274. The maximum Gasteiger partial charge on any atom is 0.348 e. The molecule has 0 aromatic rings. The van der Waals surface area contributed by atoms with Crippen molar-refractivity contribution < 1.29 is 14.4 Å². The van der Waals surface area contributed by atoms with Crippen molar-refractivity contribution in [2.45, 2.75) is 18.2 Å². The predicted octanol–water partition coefficient (Wildman–Crippen LogP) is 1.85. The van der Waals surface area contributed by atoms with Crippen molar-refractivity contribution in [3.8, 4) is 0 Å². The monoisotopic (exact) mass is 228 g/mol. The van der Waals surface area contributed by atoms with Crippen molar-refractivity contribution in [2.75, 3.05) is 0 Å². The van der Waals surface area contributed by atoms with E-state index in [4.69, 9.17) is 9.79 Å². The van der Waals surface area contributed by atoms with Gasteiger partial charge in [0.25, 0.3) is 0 Å². The van der Waals surface area contributed by atoms with Crippen molar-refractivity contribution in [3.63, 3.8) is 0 Å². The van der Waals surface area contributed by atoms with Gasteiger partial charge < -0.3 is 9.79 Å². The molecular formula is C5H10BrO3P. The first-order valence-corrected chi connectivity index (χ1v) is 5.13. The van der Waals surface area contributed by atoms with E-state index in [1.807, 2.05) is 0 Å². The first-order valence-electron chi connectivity index (χ1n) is 2.65.